The van der Waals surface area contributed by atoms with Crippen LogP contribution in [0.5, 0.6) is 0 Å². The molecule has 118 valence electrons. The lowest BCUT2D eigenvalue weighted by Gasteiger charge is -2.18. The average molecular weight is 426 g/mol. The maximum absolute atomic E-state index is 12.4. The molecule has 1 aromatic carbocycles. The van der Waals surface area contributed by atoms with Crippen LogP contribution in [0, 0.1) is 3.57 Å². The molecular formula is C13H19IN2O4S. The van der Waals surface area contributed by atoms with E-state index < -0.39 is 16.0 Å². The highest BCUT2D eigenvalue weighted by atomic mass is 127. The van der Waals surface area contributed by atoms with Crippen LogP contribution in [0.3, 0.4) is 0 Å². The Bertz CT molecular complexity index is 617. The summed E-state index contributed by atoms with van der Waals surface area (Å²) < 4.78 is 26.6. The molecule has 0 unspecified atom stereocenters. The smallest absolute Gasteiger partial charge is 0.336 e. The van der Waals surface area contributed by atoms with Gasteiger partial charge in [-0.2, -0.15) is 0 Å². The van der Waals surface area contributed by atoms with Crippen molar-refractivity contribution in [3.63, 3.8) is 0 Å². The van der Waals surface area contributed by atoms with E-state index in [1.165, 1.54) is 29.6 Å². The predicted molar refractivity (Wildman–Crippen MR) is 89.1 cm³/mol. The van der Waals surface area contributed by atoms with Gasteiger partial charge in [0.2, 0.25) is 10.0 Å². The van der Waals surface area contributed by atoms with Crippen LogP contribution in [0.1, 0.15) is 16.8 Å². The maximum atomic E-state index is 12.4. The van der Waals surface area contributed by atoms with Crippen molar-refractivity contribution in [3.05, 3.63) is 27.3 Å². The van der Waals surface area contributed by atoms with Crippen molar-refractivity contribution in [2.75, 3.05) is 34.2 Å². The first kappa shape index (κ1) is 18.3. The average Bonchev–Trinajstić information content (AvgIpc) is 2.37. The number of carboxylic acid groups (broad SMARTS) is 1. The molecule has 0 amide bonds. The first-order chi connectivity index (χ1) is 9.66. The highest BCUT2D eigenvalue weighted by molar-refractivity contribution is 14.1. The second-order valence-electron chi connectivity index (χ2n) is 4.93. The third-order valence-electron chi connectivity index (χ3n) is 2.95. The molecule has 21 heavy (non-hydrogen) atoms. The largest absolute Gasteiger partial charge is 0.478 e. The van der Waals surface area contributed by atoms with E-state index in [2.05, 4.69) is 0 Å². The summed E-state index contributed by atoms with van der Waals surface area (Å²) in [7, 11) is 1.69. The molecule has 1 rings (SSSR count). The normalized spacial score (nSPS) is 12.1. The van der Waals surface area contributed by atoms with Crippen LogP contribution in [0.4, 0.5) is 0 Å². The van der Waals surface area contributed by atoms with E-state index >= 15 is 0 Å². The Morgan fingerprint density at radius 3 is 2.38 bits per heavy atom. The predicted octanol–water partition coefficient (Wildman–Crippen LogP) is 1.56. The summed E-state index contributed by atoms with van der Waals surface area (Å²) in [4.78, 5) is 13.1. The molecule has 1 N–H and O–H groups in total. The first-order valence-corrected chi connectivity index (χ1v) is 8.82. The number of nitrogens with zero attached hydrogens (tertiary/aromatic N) is 2. The minimum atomic E-state index is -3.66. The Morgan fingerprint density at radius 2 is 1.86 bits per heavy atom. The van der Waals surface area contributed by atoms with Gasteiger partial charge in [-0.1, -0.05) is 0 Å². The molecule has 0 aliphatic rings. The topological polar surface area (TPSA) is 77.9 Å². The van der Waals surface area contributed by atoms with Crippen LogP contribution in [-0.2, 0) is 10.0 Å². The quantitative estimate of drug-likeness (QED) is 0.670. The maximum Gasteiger partial charge on any atom is 0.336 e. The van der Waals surface area contributed by atoms with Gasteiger partial charge < -0.3 is 10.0 Å². The van der Waals surface area contributed by atoms with Crippen molar-refractivity contribution < 1.29 is 18.3 Å². The van der Waals surface area contributed by atoms with Crippen LogP contribution in [0.25, 0.3) is 0 Å². The van der Waals surface area contributed by atoms with Crippen molar-refractivity contribution in [2.45, 2.75) is 11.3 Å². The van der Waals surface area contributed by atoms with Gasteiger partial charge in [0.15, 0.2) is 0 Å². The van der Waals surface area contributed by atoms with Crippen molar-refractivity contribution in [1.82, 2.24) is 9.21 Å². The molecule has 0 saturated heterocycles. The fourth-order valence-corrected chi connectivity index (χ4v) is 3.54. The highest BCUT2D eigenvalue weighted by Crippen LogP contribution is 2.20. The van der Waals surface area contributed by atoms with E-state index in [1.807, 2.05) is 41.6 Å². The van der Waals surface area contributed by atoms with Crippen molar-refractivity contribution in [1.29, 1.82) is 0 Å². The van der Waals surface area contributed by atoms with Crippen LogP contribution < -0.4 is 0 Å². The number of sulfonamides is 1. The van der Waals surface area contributed by atoms with Gasteiger partial charge in [0.25, 0.3) is 0 Å². The second kappa shape index (κ2) is 7.52. The van der Waals surface area contributed by atoms with E-state index in [4.69, 9.17) is 5.11 Å². The first-order valence-electron chi connectivity index (χ1n) is 6.30. The summed E-state index contributed by atoms with van der Waals surface area (Å²) in [6.07, 6.45) is 0.707. The van der Waals surface area contributed by atoms with Crippen LogP contribution in [0.15, 0.2) is 23.1 Å². The highest BCUT2D eigenvalue weighted by Gasteiger charge is 2.22. The van der Waals surface area contributed by atoms with Crippen molar-refractivity contribution in [3.8, 4) is 0 Å². The molecule has 0 heterocycles. The summed E-state index contributed by atoms with van der Waals surface area (Å²) in [5.74, 6) is -1.13. The molecule has 6 nitrogen and oxygen atoms in total. The van der Waals surface area contributed by atoms with Gasteiger partial charge in [0.05, 0.1) is 10.5 Å². The van der Waals surface area contributed by atoms with Gasteiger partial charge in [0.1, 0.15) is 0 Å². The number of benzene rings is 1. The van der Waals surface area contributed by atoms with Gasteiger partial charge in [-0.3, -0.25) is 0 Å². The Hall–Kier alpha value is -0.710. The Morgan fingerprint density at radius 1 is 1.24 bits per heavy atom. The van der Waals surface area contributed by atoms with Crippen LogP contribution in [0.2, 0.25) is 0 Å². The zero-order valence-corrected chi connectivity index (χ0v) is 15.2. The third-order valence-corrected chi connectivity index (χ3v) is 5.75. The molecular weight excluding hydrogens is 407 g/mol. The van der Waals surface area contributed by atoms with Gasteiger partial charge in [-0.05, 0) is 67.9 Å². The lowest BCUT2D eigenvalue weighted by molar-refractivity contribution is 0.0695. The number of hydrogen-bond acceptors (Lipinski definition) is 4. The molecule has 0 aliphatic carbocycles. The molecule has 0 aromatic heterocycles. The number of hydrogen-bond donors (Lipinski definition) is 1. The Balaban J connectivity index is 2.97. The van der Waals surface area contributed by atoms with Crippen molar-refractivity contribution in [2.24, 2.45) is 0 Å². The van der Waals surface area contributed by atoms with Crippen LogP contribution >= 0.6 is 22.6 Å². The molecule has 0 radical (unpaired) electrons. The number of aromatic carboxylic acids is 1. The fourth-order valence-electron chi connectivity index (χ4n) is 1.74. The van der Waals surface area contributed by atoms with Gasteiger partial charge in [-0.15, -0.1) is 0 Å². The summed E-state index contributed by atoms with van der Waals surface area (Å²) in [6.45, 7) is 1.17. The van der Waals surface area contributed by atoms with E-state index in [-0.39, 0.29) is 10.5 Å². The van der Waals surface area contributed by atoms with E-state index in [1.54, 1.807) is 0 Å². The molecule has 0 atom stereocenters. The molecule has 0 fully saturated rings. The number of carboxylic acids is 1. The minimum Gasteiger partial charge on any atom is -0.478 e. The minimum absolute atomic E-state index is 0.00151. The molecule has 8 heteroatoms. The molecule has 1 aromatic rings. The number of halogens is 1. The SMILES string of the molecule is CN(C)CCCN(C)S(=O)(=O)c1ccc(I)c(C(=O)O)c1. The van der Waals surface area contributed by atoms with E-state index in [0.717, 1.165) is 6.54 Å². The van der Waals surface area contributed by atoms with E-state index in [0.29, 0.717) is 16.5 Å². The van der Waals surface area contributed by atoms with Crippen molar-refractivity contribution >= 4 is 38.6 Å². The Labute approximate surface area is 138 Å². The molecule has 0 spiro atoms. The second-order valence-corrected chi connectivity index (χ2v) is 8.14. The Kier molecular flexibility index (Phi) is 6.57. The summed E-state index contributed by atoms with van der Waals surface area (Å²) >= 11 is 1.87. The summed E-state index contributed by atoms with van der Waals surface area (Å²) in [5, 5.41) is 9.08. The summed E-state index contributed by atoms with van der Waals surface area (Å²) in [6, 6.07) is 4.15. The van der Waals surface area contributed by atoms with Gasteiger partial charge >= 0.3 is 5.97 Å². The third kappa shape index (κ3) is 4.90. The number of carbonyl (C=O) groups is 1. The van der Waals surface area contributed by atoms with E-state index in [9.17, 15) is 13.2 Å². The number of rotatable bonds is 7. The lowest BCUT2D eigenvalue weighted by atomic mass is 10.2. The fraction of sp³-hybridized carbons (Fsp3) is 0.462. The van der Waals surface area contributed by atoms with Crippen LogP contribution in [-0.4, -0.2) is 62.9 Å². The molecule has 0 bridgehead atoms. The zero-order valence-electron chi connectivity index (χ0n) is 12.2. The lowest BCUT2D eigenvalue weighted by Crippen LogP contribution is -2.30. The molecule has 0 saturated carbocycles. The van der Waals surface area contributed by atoms with Gasteiger partial charge in [-0.25, -0.2) is 17.5 Å². The standard InChI is InChI=1S/C13H19IN2O4S/c1-15(2)7-4-8-16(3)21(19,20)10-5-6-12(14)11(9-10)13(17)18/h5-6,9H,4,7-8H2,1-3H3,(H,17,18). The summed E-state index contributed by atoms with van der Waals surface area (Å²) in [5.41, 5.74) is -0.00151. The van der Waals surface area contributed by atoms with Gasteiger partial charge in [0, 0.05) is 17.2 Å². The monoisotopic (exact) mass is 426 g/mol. The zero-order chi connectivity index (χ0) is 16.2. The molecule has 0 aliphatic heterocycles.